The van der Waals surface area contributed by atoms with E-state index in [1.54, 1.807) is 17.8 Å². The Morgan fingerprint density at radius 2 is 2.11 bits per heavy atom. The van der Waals surface area contributed by atoms with E-state index in [0.717, 1.165) is 17.1 Å². The highest BCUT2D eigenvalue weighted by Crippen LogP contribution is 2.22. The minimum Gasteiger partial charge on any atom is -0.315 e. The van der Waals surface area contributed by atoms with Crippen molar-refractivity contribution in [3.63, 3.8) is 0 Å². The number of carbonyl (C=O) groups excluding carboxylic acids is 1. The molecule has 0 aliphatic rings. The standard InChI is InChI=1S/C13H16ClN3O/c1-8-5-12(13(18)9(2)14)10(3)17(8)11-6-15-16(4)7-11/h5-7,9H,1-4H3. The van der Waals surface area contributed by atoms with Crippen LogP contribution in [0.5, 0.6) is 0 Å². The molecule has 0 N–H and O–H groups in total. The Kier molecular flexibility index (Phi) is 3.30. The van der Waals surface area contributed by atoms with Gasteiger partial charge >= 0.3 is 0 Å². The summed E-state index contributed by atoms with van der Waals surface area (Å²) >= 11 is 5.87. The van der Waals surface area contributed by atoms with Gasteiger partial charge in [0.2, 0.25) is 0 Å². The van der Waals surface area contributed by atoms with E-state index in [9.17, 15) is 4.79 Å². The Hall–Kier alpha value is -1.55. The Morgan fingerprint density at radius 1 is 1.44 bits per heavy atom. The molecule has 18 heavy (non-hydrogen) atoms. The molecule has 0 bridgehead atoms. The summed E-state index contributed by atoms with van der Waals surface area (Å²) in [6, 6.07) is 1.88. The third kappa shape index (κ3) is 2.08. The zero-order valence-corrected chi connectivity index (χ0v) is 11.7. The molecule has 5 heteroatoms. The van der Waals surface area contributed by atoms with Gasteiger partial charge < -0.3 is 4.57 Å². The van der Waals surface area contributed by atoms with Crippen LogP contribution in [0.4, 0.5) is 0 Å². The van der Waals surface area contributed by atoms with Crippen LogP contribution >= 0.6 is 11.6 Å². The summed E-state index contributed by atoms with van der Waals surface area (Å²) in [5, 5.41) is 3.64. The molecule has 2 aromatic heterocycles. The van der Waals surface area contributed by atoms with E-state index in [-0.39, 0.29) is 5.78 Å². The quantitative estimate of drug-likeness (QED) is 0.632. The first-order valence-corrected chi connectivity index (χ1v) is 6.21. The summed E-state index contributed by atoms with van der Waals surface area (Å²) < 4.78 is 3.75. The van der Waals surface area contributed by atoms with Crippen LogP contribution in [0.2, 0.25) is 0 Å². The van der Waals surface area contributed by atoms with Crippen LogP contribution in [0.3, 0.4) is 0 Å². The van der Waals surface area contributed by atoms with Gasteiger partial charge in [-0.25, -0.2) is 0 Å². The summed E-state index contributed by atoms with van der Waals surface area (Å²) in [5.41, 5.74) is 3.53. The van der Waals surface area contributed by atoms with Crippen molar-refractivity contribution < 1.29 is 4.79 Å². The first-order valence-electron chi connectivity index (χ1n) is 5.78. The number of rotatable bonds is 3. The Labute approximate surface area is 111 Å². The van der Waals surface area contributed by atoms with Gasteiger partial charge in [-0.15, -0.1) is 11.6 Å². The zero-order valence-electron chi connectivity index (χ0n) is 10.9. The van der Waals surface area contributed by atoms with Crippen molar-refractivity contribution in [3.05, 3.63) is 35.4 Å². The lowest BCUT2D eigenvalue weighted by molar-refractivity contribution is 0.0991. The van der Waals surface area contributed by atoms with Gasteiger partial charge in [0, 0.05) is 30.2 Å². The van der Waals surface area contributed by atoms with Gasteiger partial charge in [-0.1, -0.05) is 0 Å². The number of hydrogen-bond donors (Lipinski definition) is 0. The fraction of sp³-hybridized carbons (Fsp3) is 0.385. The van der Waals surface area contributed by atoms with Crippen LogP contribution in [0, 0.1) is 13.8 Å². The van der Waals surface area contributed by atoms with E-state index in [1.807, 2.05) is 37.7 Å². The van der Waals surface area contributed by atoms with E-state index in [2.05, 4.69) is 5.10 Å². The predicted molar refractivity (Wildman–Crippen MR) is 71.7 cm³/mol. The molecule has 2 aromatic rings. The fourth-order valence-corrected chi connectivity index (χ4v) is 2.27. The van der Waals surface area contributed by atoms with Crippen LogP contribution < -0.4 is 0 Å². The molecular formula is C13H16ClN3O. The Bertz CT molecular complexity index is 595. The maximum absolute atomic E-state index is 12.0. The number of alkyl halides is 1. The fourth-order valence-electron chi connectivity index (χ4n) is 2.15. The first kappa shape index (κ1) is 12.9. The van der Waals surface area contributed by atoms with Crippen molar-refractivity contribution in [3.8, 4) is 5.69 Å². The zero-order chi connectivity index (χ0) is 13.4. The van der Waals surface area contributed by atoms with Crippen LogP contribution in [0.25, 0.3) is 5.69 Å². The molecule has 2 heterocycles. The van der Waals surface area contributed by atoms with Crippen LogP contribution in [0.15, 0.2) is 18.5 Å². The number of nitrogens with zero attached hydrogens (tertiary/aromatic N) is 3. The number of carbonyl (C=O) groups is 1. The van der Waals surface area contributed by atoms with Gasteiger partial charge in [0.05, 0.1) is 17.3 Å². The second kappa shape index (κ2) is 4.61. The summed E-state index contributed by atoms with van der Waals surface area (Å²) in [6.07, 6.45) is 3.69. The molecule has 0 aliphatic carbocycles. The monoisotopic (exact) mass is 265 g/mol. The Balaban J connectivity index is 2.54. The largest absolute Gasteiger partial charge is 0.315 e. The molecule has 1 unspecified atom stereocenters. The molecule has 0 saturated carbocycles. The number of hydrogen-bond acceptors (Lipinski definition) is 2. The SMILES string of the molecule is Cc1cc(C(=O)C(C)Cl)c(C)n1-c1cnn(C)c1. The van der Waals surface area contributed by atoms with Gasteiger partial charge in [0.1, 0.15) is 0 Å². The minimum absolute atomic E-state index is 0.0418. The molecular weight excluding hydrogens is 250 g/mol. The average molecular weight is 266 g/mol. The molecule has 0 saturated heterocycles. The minimum atomic E-state index is -0.507. The van der Waals surface area contributed by atoms with Crippen molar-refractivity contribution in [1.29, 1.82) is 0 Å². The maximum atomic E-state index is 12.0. The number of Topliss-reactive ketones (excluding diaryl/α,β-unsaturated/α-hetero) is 1. The van der Waals surface area contributed by atoms with Crippen LogP contribution in [-0.2, 0) is 7.05 Å². The van der Waals surface area contributed by atoms with E-state index >= 15 is 0 Å². The van der Waals surface area contributed by atoms with Gasteiger partial charge in [0.25, 0.3) is 0 Å². The van der Waals surface area contributed by atoms with Crippen molar-refractivity contribution in [2.45, 2.75) is 26.1 Å². The third-order valence-corrected chi connectivity index (χ3v) is 3.21. The van der Waals surface area contributed by atoms with Gasteiger partial charge in [-0.05, 0) is 26.8 Å². The Morgan fingerprint density at radius 3 is 2.61 bits per heavy atom. The lowest BCUT2D eigenvalue weighted by Gasteiger charge is -2.07. The number of halogens is 1. The van der Waals surface area contributed by atoms with Crippen LogP contribution in [0.1, 0.15) is 28.7 Å². The lowest BCUT2D eigenvalue weighted by Crippen LogP contribution is -2.11. The summed E-state index contributed by atoms with van der Waals surface area (Å²) in [4.78, 5) is 12.0. The molecule has 0 radical (unpaired) electrons. The number of aryl methyl sites for hydroxylation is 2. The van der Waals surface area contributed by atoms with Crippen LogP contribution in [-0.4, -0.2) is 25.5 Å². The van der Waals surface area contributed by atoms with E-state index in [0.29, 0.717) is 5.56 Å². The molecule has 96 valence electrons. The average Bonchev–Trinajstić information content (AvgIpc) is 2.82. The highest BCUT2D eigenvalue weighted by atomic mass is 35.5. The first-order chi connectivity index (χ1) is 8.41. The second-order valence-electron chi connectivity index (χ2n) is 4.47. The topological polar surface area (TPSA) is 39.8 Å². The highest BCUT2D eigenvalue weighted by Gasteiger charge is 2.20. The second-order valence-corrected chi connectivity index (χ2v) is 5.13. The molecule has 0 fully saturated rings. The number of ketones is 1. The summed E-state index contributed by atoms with van der Waals surface area (Å²) in [6.45, 7) is 5.59. The van der Waals surface area contributed by atoms with Gasteiger partial charge in [-0.3, -0.25) is 9.48 Å². The van der Waals surface area contributed by atoms with Crippen molar-refractivity contribution in [2.75, 3.05) is 0 Å². The van der Waals surface area contributed by atoms with E-state index in [4.69, 9.17) is 11.6 Å². The molecule has 0 spiro atoms. The molecule has 0 aliphatic heterocycles. The summed E-state index contributed by atoms with van der Waals surface area (Å²) in [7, 11) is 1.87. The van der Waals surface area contributed by atoms with Crippen molar-refractivity contribution >= 4 is 17.4 Å². The molecule has 1 atom stereocenters. The van der Waals surface area contributed by atoms with Crippen molar-refractivity contribution in [2.24, 2.45) is 7.05 Å². The van der Waals surface area contributed by atoms with Gasteiger partial charge in [0.15, 0.2) is 5.78 Å². The van der Waals surface area contributed by atoms with Gasteiger partial charge in [-0.2, -0.15) is 5.10 Å². The molecule has 4 nitrogen and oxygen atoms in total. The molecule has 0 amide bonds. The normalized spacial score (nSPS) is 12.7. The lowest BCUT2D eigenvalue weighted by atomic mass is 10.1. The smallest absolute Gasteiger partial charge is 0.182 e. The highest BCUT2D eigenvalue weighted by molar-refractivity contribution is 6.33. The number of aromatic nitrogens is 3. The maximum Gasteiger partial charge on any atom is 0.182 e. The summed E-state index contributed by atoms with van der Waals surface area (Å²) in [5.74, 6) is -0.0418. The van der Waals surface area contributed by atoms with E-state index in [1.165, 1.54) is 0 Å². The van der Waals surface area contributed by atoms with Crippen molar-refractivity contribution in [1.82, 2.24) is 14.3 Å². The third-order valence-electron chi connectivity index (χ3n) is 3.01. The molecule has 2 rings (SSSR count). The predicted octanol–water partition coefficient (Wildman–Crippen LogP) is 2.64. The van der Waals surface area contributed by atoms with E-state index < -0.39 is 5.38 Å². The molecule has 0 aromatic carbocycles.